The van der Waals surface area contributed by atoms with Crippen LogP contribution in [0.4, 0.5) is 4.39 Å². The van der Waals surface area contributed by atoms with Crippen LogP contribution < -0.4 is 5.73 Å². The predicted molar refractivity (Wildman–Crippen MR) is 80.3 cm³/mol. The van der Waals surface area contributed by atoms with Crippen molar-refractivity contribution in [2.45, 2.75) is 31.5 Å². The molecule has 0 spiro atoms. The van der Waals surface area contributed by atoms with E-state index >= 15 is 0 Å². The Balaban J connectivity index is 1.83. The first-order valence-corrected chi connectivity index (χ1v) is 7.43. The van der Waals surface area contributed by atoms with Gasteiger partial charge in [0.1, 0.15) is 11.9 Å². The minimum absolute atomic E-state index is 0.197. The van der Waals surface area contributed by atoms with Crippen LogP contribution in [0.5, 0.6) is 0 Å². The number of nitrogens with zero attached hydrogens (tertiary/aromatic N) is 3. The maximum Gasteiger partial charge on any atom is 0.239 e. The fourth-order valence-corrected chi connectivity index (χ4v) is 3.18. The average Bonchev–Trinajstić information content (AvgIpc) is 3.14. The second-order valence-electron chi connectivity index (χ2n) is 5.62. The number of carbonyl (C=O) groups excluding carboxylic acids is 1. The van der Waals surface area contributed by atoms with Crippen LogP contribution in [-0.4, -0.2) is 33.2 Å². The standard InChI is InChI=1S/C16H19FN4O/c17-13-6-4-12(5-7-13)15(16(18)22)21-10-1-3-14(21)11-20-9-2-8-19-20/h2,4-9,14-15H,1,3,10-11H2,(H2,18,22)/t14-,15-/m0/s1. The van der Waals surface area contributed by atoms with Crippen LogP contribution in [0, 0.1) is 5.82 Å². The van der Waals surface area contributed by atoms with E-state index in [9.17, 15) is 9.18 Å². The molecule has 1 aliphatic rings. The van der Waals surface area contributed by atoms with Crippen LogP contribution in [0.3, 0.4) is 0 Å². The van der Waals surface area contributed by atoms with Crippen molar-refractivity contribution < 1.29 is 9.18 Å². The molecule has 6 heteroatoms. The lowest BCUT2D eigenvalue weighted by Gasteiger charge is -2.31. The first kappa shape index (κ1) is 14.7. The molecule has 1 saturated heterocycles. The number of benzene rings is 1. The molecule has 0 bridgehead atoms. The van der Waals surface area contributed by atoms with E-state index in [0.29, 0.717) is 0 Å². The molecule has 1 aromatic heterocycles. The molecule has 1 fully saturated rings. The highest BCUT2D eigenvalue weighted by atomic mass is 19.1. The van der Waals surface area contributed by atoms with Crippen molar-refractivity contribution in [1.82, 2.24) is 14.7 Å². The van der Waals surface area contributed by atoms with Crippen LogP contribution in [0.15, 0.2) is 42.7 Å². The van der Waals surface area contributed by atoms with Crippen LogP contribution >= 0.6 is 0 Å². The molecule has 1 aromatic carbocycles. The molecule has 1 amide bonds. The highest BCUT2D eigenvalue weighted by Gasteiger charge is 2.35. The molecule has 0 radical (unpaired) electrons. The fourth-order valence-electron chi connectivity index (χ4n) is 3.18. The first-order valence-electron chi connectivity index (χ1n) is 7.43. The Labute approximate surface area is 128 Å². The van der Waals surface area contributed by atoms with Gasteiger partial charge < -0.3 is 5.73 Å². The number of hydrogen-bond acceptors (Lipinski definition) is 3. The molecule has 3 rings (SSSR count). The van der Waals surface area contributed by atoms with Crippen molar-refractivity contribution in [3.63, 3.8) is 0 Å². The summed E-state index contributed by atoms with van der Waals surface area (Å²) in [6.07, 6.45) is 5.65. The quantitative estimate of drug-likeness (QED) is 0.914. The Morgan fingerprint density at radius 2 is 2.18 bits per heavy atom. The third-order valence-electron chi connectivity index (χ3n) is 4.17. The molecular weight excluding hydrogens is 283 g/mol. The molecular formula is C16H19FN4O. The van der Waals surface area contributed by atoms with Crippen molar-refractivity contribution in [1.29, 1.82) is 0 Å². The SMILES string of the molecule is NC(=O)[C@H](c1ccc(F)cc1)N1CCC[C@H]1Cn1cccn1. The highest BCUT2D eigenvalue weighted by Crippen LogP contribution is 2.30. The molecule has 1 aliphatic heterocycles. The number of hydrogen-bond donors (Lipinski definition) is 1. The van der Waals surface area contributed by atoms with Gasteiger partial charge in [-0.3, -0.25) is 14.4 Å². The van der Waals surface area contributed by atoms with Crippen LogP contribution in [0.2, 0.25) is 0 Å². The zero-order chi connectivity index (χ0) is 15.5. The van der Waals surface area contributed by atoms with Crippen LogP contribution in [-0.2, 0) is 11.3 Å². The molecule has 2 heterocycles. The summed E-state index contributed by atoms with van der Waals surface area (Å²) in [6, 6.07) is 7.55. The van der Waals surface area contributed by atoms with Crippen LogP contribution in [0.1, 0.15) is 24.4 Å². The van der Waals surface area contributed by atoms with E-state index in [2.05, 4.69) is 10.00 Å². The molecule has 0 aliphatic carbocycles. The Morgan fingerprint density at radius 3 is 2.82 bits per heavy atom. The summed E-state index contributed by atoms with van der Waals surface area (Å²) in [5.41, 5.74) is 6.36. The van der Waals surface area contributed by atoms with E-state index in [1.165, 1.54) is 12.1 Å². The van der Waals surface area contributed by atoms with Gasteiger partial charge in [0.2, 0.25) is 5.91 Å². The van der Waals surface area contributed by atoms with Gasteiger partial charge in [-0.25, -0.2) is 4.39 Å². The second-order valence-corrected chi connectivity index (χ2v) is 5.62. The zero-order valence-electron chi connectivity index (χ0n) is 12.2. The maximum absolute atomic E-state index is 13.1. The van der Waals surface area contributed by atoms with E-state index < -0.39 is 11.9 Å². The van der Waals surface area contributed by atoms with E-state index in [4.69, 9.17) is 5.73 Å². The third-order valence-corrected chi connectivity index (χ3v) is 4.17. The van der Waals surface area contributed by atoms with E-state index in [1.54, 1.807) is 18.3 Å². The smallest absolute Gasteiger partial charge is 0.239 e. The summed E-state index contributed by atoms with van der Waals surface area (Å²) in [5.74, 6) is -0.722. The molecule has 2 N–H and O–H groups in total. The maximum atomic E-state index is 13.1. The van der Waals surface area contributed by atoms with Gasteiger partial charge in [-0.15, -0.1) is 0 Å². The average molecular weight is 302 g/mol. The number of aromatic nitrogens is 2. The Hall–Kier alpha value is -2.21. The number of primary amides is 1. The molecule has 22 heavy (non-hydrogen) atoms. The van der Waals surface area contributed by atoms with Crippen molar-refractivity contribution in [3.8, 4) is 0 Å². The lowest BCUT2D eigenvalue weighted by Crippen LogP contribution is -2.42. The lowest BCUT2D eigenvalue weighted by molar-refractivity contribution is -0.124. The lowest BCUT2D eigenvalue weighted by atomic mass is 10.0. The minimum atomic E-state index is -0.524. The number of amides is 1. The minimum Gasteiger partial charge on any atom is -0.368 e. The summed E-state index contributed by atoms with van der Waals surface area (Å²) >= 11 is 0. The second kappa shape index (κ2) is 6.27. The van der Waals surface area contributed by atoms with E-state index in [-0.39, 0.29) is 11.9 Å². The first-order chi connectivity index (χ1) is 10.6. The Bertz CT molecular complexity index is 626. The summed E-state index contributed by atoms with van der Waals surface area (Å²) in [5, 5.41) is 4.23. The normalized spacial score (nSPS) is 20.1. The number of nitrogens with two attached hydrogens (primary N) is 1. The molecule has 2 atom stereocenters. The number of carbonyl (C=O) groups is 1. The molecule has 2 aromatic rings. The van der Waals surface area contributed by atoms with Gasteiger partial charge in [0.05, 0.1) is 6.54 Å². The van der Waals surface area contributed by atoms with Crippen LogP contribution in [0.25, 0.3) is 0 Å². The zero-order valence-corrected chi connectivity index (χ0v) is 12.2. The van der Waals surface area contributed by atoms with Gasteiger partial charge >= 0.3 is 0 Å². The van der Waals surface area contributed by atoms with Gasteiger partial charge in [0, 0.05) is 18.4 Å². The van der Waals surface area contributed by atoms with E-state index in [1.807, 2.05) is 16.9 Å². The summed E-state index contributed by atoms with van der Waals surface area (Å²) in [7, 11) is 0. The van der Waals surface area contributed by atoms with Gasteiger partial charge in [-0.1, -0.05) is 12.1 Å². The number of likely N-dealkylation sites (tertiary alicyclic amines) is 1. The summed E-state index contributed by atoms with van der Waals surface area (Å²) < 4.78 is 15.0. The Kier molecular flexibility index (Phi) is 4.20. The predicted octanol–water partition coefficient (Wildman–Crippen LogP) is 1.71. The van der Waals surface area contributed by atoms with Gasteiger partial charge in [-0.2, -0.15) is 5.10 Å². The molecule has 0 saturated carbocycles. The fraction of sp³-hybridized carbons (Fsp3) is 0.375. The number of rotatable bonds is 5. The van der Waals surface area contributed by atoms with Gasteiger partial charge in [-0.05, 0) is 43.1 Å². The van der Waals surface area contributed by atoms with Crippen molar-refractivity contribution in [3.05, 3.63) is 54.1 Å². The van der Waals surface area contributed by atoms with Gasteiger partial charge in [0.15, 0.2) is 0 Å². The third kappa shape index (κ3) is 3.01. The summed E-state index contributed by atoms with van der Waals surface area (Å²) in [4.78, 5) is 14.1. The van der Waals surface area contributed by atoms with Crippen molar-refractivity contribution in [2.24, 2.45) is 5.73 Å². The van der Waals surface area contributed by atoms with Crippen molar-refractivity contribution >= 4 is 5.91 Å². The van der Waals surface area contributed by atoms with Crippen molar-refractivity contribution in [2.75, 3.05) is 6.54 Å². The largest absolute Gasteiger partial charge is 0.368 e. The summed E-state index contributed by atoms with van der Waals surface area (Å²) in [6.45, 7) is 1.52. The Morgan fingerprint density at radius 1 is 1.41 bits per heavy atom. The molecule has 116 valence electrons. The molecule has 0 unspecified atom stereocenters. The van der Waals surface area contributed by atoms with Gasteiger partial charge in [0.25, 0.3) is 0 Å². The highest BCUT2D eigenvalue weighted by molar-refractivity contribution is 5.81. The topological polar surface area (TPSA) is 64.2 Å². The number of halogens is 1. The molecule has 5 nitrogen and oxygen atoms in total. The monoisotopic (exact) mass is 302 g/mol. The van der Waals surface area contributed by atoms with E-state index in [0.717, 1.165) is 31.5 Å².